The van der Waals surface area contributed by atoms with Gasteiger partial charge in [0.2, 0.25) is 0 Å². The molecule has 0 saturated heterocycles. The van der Waals surface area contributed by atoms with Gasteiger partial charge in [-0.1, -0.05) is 12.8 Å². The van der Waals surface area contributed by atoms with Gasteiger partial charge in [0.25, 0.3) is 0 Å². The predicted molar refractivity (Wildman–Crippen MR) is 86.9 cm³/mol. The summed E-state index contributed by atoms with van der Waals surface area (Å²) in [5, 5.41) is 12.4. The monoisotopic (exact) mass is 309 g/mol. The van der Waals surface area contributed by atoms with Crippen molar-refractivity contribution in [1.29, 1.82) is 0 Å². The average Bonchev–Trinajstić information content (AvgIpc) is 3.17. The summed E-state index contributed by atoms with van der Waals surface area (Å²) in [6.45, 7) is 5.85. The van der Waals surface area contributed by atoms with Crippen LogP contribution in [-0.2, 0) is 13.1 Å². The Balaban J connectivity index is 0.00000161. The van der Waals surface area contributed by atoms with E-state index >= 15 is 0 Å². The molecule has 0 radical (unpaired) electrons. The zero-order valence-electron chi connectivity index (χ0n) is 12.7. The molecule has 2 aromatic rings. The summed E-state index contributed by atoms with van der Waals surface area (Å²) in [6, 6.07) is 0.619. The van der Waals surface area contributed by atoms with Crippen LogP contribution in [0.4, 0.5) is 5.69 Å². The Morgan fingerprint density at radius 3 is 2.71 bits per heavy atom. The lowest BCUT2D eigenvalue weighted by molar-refractivity contribution is 0.466. The highest BCUT2D eigenvalue weighted by molar-refractivity contribution is 5.85. The van der Waals surface area contributed by atoms with Crippen molar-refractivity contribution < 1.29 is 0 Å². The Bertz CT molecular complexity index is 568. The standard InChI is InChI=1S/C15H23N5.ClH/c1-3-19-11-15(12(2)18-19)16-8-13-9-17-20(10-13)14-6-4-5-7-14;/h9-11,14,16H,3-8H2,1-2H3;1H. The maximum absolute atomic E-state index is 4.51. The number of anilines is 1. The number of nitrogens with zero attached hydrogens (tertiary/aromatic N) is 4. The first-order chi connectivity index (χ1) is 9.76. The van der Waals surface area contributed by atoms with Crippen molar-refractivity contribution in [3.05, 3.63) is 29.8 Å². The first-order valence-corrected chi connectivity index (χ1v) is 7.57. The molecule has 1 saturated carbocycles. The molecule has 0 spiro atoms. The lowest BCUT2D eigenvalue weighted by Gasteiger charge is -2.08. The predicted octanol–water partition coefficient (Wildman–Crippen LogP) is 3.56. The Hall–Kier alpha value is -1.49. The highest BCUT2D eigenvalue weighted by Gasteiger charge is 2.17. The first kappa shape index (κ1) is 15.9. The molecule has 21 heavy (non-hydrogen) atoms. The fraction of sp³-hybridized carbons (Fsp3) is 0.600. The van der Waals surface area contributed by atoms with Gasteiger partial charge < -0.3 is 5.32 Å². The molecule has 2 aromatic heterocycles. The van der Waals surface area contributed by atoms with E-state index in [9.17, 15) is 0 Å². The molecule has 0 bridgehead atoms. The fourth-order valence-electron chi connectivity index (χ4n) is 2.89. The molecule has 0 aromatic carbocycles. The van der Waals surface area contributed by atoms with Crippen LogP contribution in [0.3, 0.4) is 0 Å². The van der Waals surface area contributed by atoms with E-state index in [2.05, 4.69) is 39.5 Å². The maximum atomic E-state index is 4.51. The van der Waals surface area contributed by atoms with Crippen LogP contribution < -0.4 is 5.32 Å². The zero-order valence-corrected chi connectivity index (χ0v) is 13.6. The van der Waals surface area contributed by atoms with Crippen molar-refractivity contribution in [2.45, 2.75) is 58.7 Å². The summed E-state index contributed by atoms with van der Waals surface area (Å²) in [7, 11) is 0. The quantitative estimate of drug-likeness (QED) is 0.918. The van der Waals surface area contributed by atoms with Crippen molar-refractivity contribution in [2.75, 3.05) is 5.32 Å². The van der Waals surface area contributed by atoms with Crippen LogP contribution >= 0.6 is 12.4 Å². The molecule has 0 aliphatic heterocycles. The molecule has 6 heteroatoms. The van der Waals surface area contributed by atoms with Gasteiger partial charge in [-0.15, -0.1) is 12.4 Å². The van der Waals surface area contributed by atoms with Gasteiger partial charge in [-0.3, -0.25) is 9.36 Å². The third-order valence-corrected chi connectivity index (χ3v) is 4.11. The van der Waals surface area contributed by atoms with E-state index in [0.29, 0.717) is 6.04 Å². The summed E-state index contributed by atoms with van der Waals surface area (Å²) in [4.78, 5) is 0. The van der Waals surface area contributed by atoms with E-state index in [1.165, 1.54) is 31.2 Å². The molecule has 2 heterocycles. The molecule has 1 aliphatic carbocycles. The van der Waals surface area contributed by atoms with E-state index < -0.39 is 0 Å². The molecule has 116 valence electrons. The van der Waals surface area contributed by atoms with Crippen LogP contribution in [0.15, 0.2) is 18.6 Å². The summed E-state index contributed by atoms with van der Waals surface area (Å²) < 4.78 is 4.10. The molecule has 1 N–H and O–H groups in total. The van der Waals surface area contributed by atoms with Gasteiger partial charge in [0, 0.05) is 31.0 Å². The zero-order chi connectivity index (χ0) is 13.9. The number of rotatable bonds is 5. The number of hydrogen-bond donors (Lipinski definition) is 1. The van der Waals surface area contributed by atoms with Crippen LogP contribution in [0.25, 0.3) is 0 Å². The minimum atomic E-state index is 0. The first-order valence-electron chi connectivity index (χ1n) is 7.57. The second kappa shape index (κ2) is 6.98. The summed E-state index contributed by atoms with van der Waals surface area (Å²) in [6.07, 6.45) is 11.5. The summed E-state index contributed by atoms with van der Waals surface area (Å²) in [5.74, 6) is 0. The number of nitrogens with one attached hydrogen (secondary N) is 1. The Morgan fingerprint density at radius 2 is 2.05 bits per heavy atom. The number of aromatic nitrogens is 4. The van der Waals surface area contributed by atoms with Crippen molar-refractivity contribution in [3.63, 3.8) is 0 Å². The fourth-order valence-corrected chi connectivity index (χ4v) is 2.89. The third kappa shape index (κ3) is 3.59. The summed E-state index contributed by atoms with van der Waals surface area (Å²) in [5.41, 5.74) is 3.40. The van der Waals surface area contributed by atoms with Gasteiger partial charge in [-0.05, 0) is 26.7 Å². The topological polar surface area (TPSA) is 47.7 Å². The molecule has 0 amide bonds. The number of halogens is 1. The van der Waals surface area contributed by atoms with Crippen LogP contribution in [0, 0.1) is 6.92 Å². The van der Waals surface area contributed by atoms with Gasteiger partial charge in [0.1, 0.15) is 0 Å². The van der Waals surface area contributed by atoms with Crippen molar-refractivity contribution in [1.82, 2.24) is 19.6 Å². The number of aryl methyl sites for hydroxylation is 2. The maximum Gasteiger partial charge on any atom is 0.0825 e. The van der Waals surface area contributed by atoms with Gasteiger partial charge in [-0.25, -0.2) is 0 Å². The average molecular weight is 310 g/mol. The second-order valence-corrected chi connectivity index (χ2v) is 5.60. The van der Waals surface area contributed by atoms with Crippen LogP contribution in [0.2, 0.25) is 0 Å². The smallest absolute Gasteiger partial charge is 0.0825 e. The van der Waals surface area contributed by atoms with Crippen LogP contribution in [-0.4, -0.2) is 19.6 Å². The lowest BCUT2D eigenvalue weighted by atomic mass is 10.2. The third-order valence-electron chi connectivity index (χ3n) is 4.11. The second-order valence-electron chi connectivity index (χ2n) is 5.60. The molecular weight excluding hydrogens is 286 g/mol. The van der Waals surface area contributed by atoms with Crippen molar-refractivity contribution in [3.8, 4) is 0 Å². The Kier molecular flexibility index (Phi) is 5.28. The Morgan fingerprint density at radius 1 is 1.29 bits per heavy atom. The van der Waals surface area contributed by atoms with Crippen molar-refractivity contribution in [2.24, 2.45) is 0 Å². The lowest BCUT2D eigenvalue weighted by Crippen LogP contribution is -2.04. The van der Waals surface area contributed by atoms with Crippen molar-refractivity contribution >= 4 is 18.1 Å². The molecular formula is C15H24ClN5. The van der Waals surface area contributed by atoms with E-state index in [4.69, 9.17) is 0 Å². The van der Waals surface area contributed by atoms with Crippen LogP contribution in [0.1, 0.15) is 49.9 Å². The molecule has 1 fully saturated rings. The van der Waals surface area contributed by atoms with E-state index in [-0.39, 0.29) is 12.4 Å². The molecule has 0 unspecified atom stereocenters. The largest absolute Gasteiger partial charge is 0.378 e. The van der Waals surface area contributed by atoms with E-state index in [0.717, 1.165) is 24.5 Å². The highest BCUT2D eigenvalue weighted by atomic mass is 35.5. The van der Waals surface area contributed by atoms with Gasteiger partial charge in [0.15, 0.2) is 0 Å². The normalized spacial score (nSPS) is 15.1. The highest BCUT2D eigenvalue weighted by Crippen LogP contribution is 2.28. The van der Waals surface area contributed by atoms with Gasteiger partial charge in [-0.2, -0.15) is 10.2 Å². The minimum absolute atomic E-state index is 0. The van der Waals surface area contributed by atoms with Crippen LogP contribution in [0.5, 0.6) is 0 Å². The SMILES string of the molecule is CCn1cc(NCc2cnn(C3CCCC3)c2)c(C)n1.Cl. The molecule has 0 atom stereocenters. The van der Waals surface area contributed by atoms with E-state index in [1.807, 2.05) is 17.8 Å². The molecule has 3 rings (SSSR count). The Labute approximate surface area is 132 Å². The van der Waals surface area contributed by atoms with E-state index in [1.54, 1.807) is 0 Å². The molecule has 5 nitrogen and oxygen atoms in total. The van der Waals surface area contributed by atoms with Gasteiger partial charge in [0.05, 0.1) is 23.6 Å². The van der Waals surface area contributed by atoms with Gasteiger partial charge >= 0.3 is 0 Å². The summed E-state index contributed by atoms with van der Waals surface area (Å²) >= 11 is 0. The number of hydrogen-bond acceptors (Lipinski definition) is 3. The minimum Gasteiger partial charge on any atom is -0.378 e. The molecule has 1 aliphatic rings.